The van der Waals surface area contributed by atoms with Crippen LogP contribution in [0.15, 0.2) is 18.2 Å². The molecule has 0 saturated carbocycles. The van der Waals surface area contributed by atoms with Gasteiger partial charge in [0.2, 0.25) is 0 Å². The van der Waals surface area contributed by atoms with Gasteiger partial charge in [-0.2, -0.15) is 0 Å². The Kier molecular flexibility index (Phi) is 5.88. The van der Waals surface area contributed by atoms with Crippen LogP contribution in [0.2, 0.25) is 0 Å². The topological polar surface area (TPSA) is 52.6 Å². The third kappa shape index (κ3) is 3.90. The van der Waals surface area contributed by atoms with E-state index in [9.17, 15) is 13.6 Å². The van der Waals surface area contributed by atoms with Crippen LogP contribution in [0.5, 0.6) is 0 Å². The summed E-state index contributed by atoms with van der Waals surface area (Å²) in [6, 6.07) is 1.74. The lowest BCUT2D eigenvalue weighted by molar-refractivity contribution is 0.154. The zero-order valence-corrected chi connectivity index (χ0v) is 11.9. The van der Waals surface area contributed by atoms with E-state index in [4.69, 9.17) is 5.11 Å². The second-order valence-corrected chi connectivity index (χ2v) is 4.72. The number of benzene rings is 1. The van der Waals surface area contributed by atoms with Crippen LogP contribution in [0, 0.1) is 11.6 Å². The van der Waals surface area contributed by atoms with E-state index in [1.54, 1.807) is 13.8 Å². The van der Waals surface area contributed by atoms with Crippen molar-refractivity contribution >= 4 is 6.03 Å². The summed E-state index contributed by atoms with van der Waals surface area (Å²) in [5, 5.41) is 11.6. The van der Waals surface area contributed by atoms with Crippen LogP contribution in [0.3, 0.4) is 0 Å². The van der Waals surface area contributed by atoms with Gasteiger partial charge in [-0.05, 0) is 31.5 Å². The molecule has 0 radical (unpaired) electrons. The minimum absolute atomic E-state index is 0.117. The van der Waals surface area contributed by atoms with Crippen molar-refractivity contribution in [3.05, 3.63) is 35.4 Å². The number of rotatable bonds is 5. The Balaban J connectivity index is 2.87. The fourth-order valence-electron chi connectivity index (χ4n) is 1.75. The van der Waals surface area contributed by atoms with Crippen LogP contribution < -0.4 is 5.32 Å². The number of urea groups is 1. The molecule has 4 nitrogen and oxygen atoms in total. The summed E-state index contributed by atoms with van der Waals surface area (Å²) in [6.45, 7) is 3.28. The van der Waals surface area contributed by atoms with Crippen molar-refractivity contribution in [2.75, 3.05) is 13.7 Å². The van der Waals surface area contributed by atoms with E-state index < -0.39 is 23.7 Å². The van der Waals surface area contributed by atoms with Crippen molar-refractivity contribution in [1.29, 1.82) is 0 Å². The molecule has 0 spiro atoms. The smallest absolute Gasteiger partial charge is 0.317 e. The first kappa shape index (κ1) is 16.4. The molecule has 2 unspecified atom stereocenters. The highest BCUT2D eigenvalue weighted by atomic mass is 19.1. The van der Waals surface area contributed by atoms with E-state index >= 15 is 0 Å². The molecule has 1 aromatic rings. The molecule has 0 aliphatic carbocycles. The van der Waals surface area contributed by atoms with Crippen LogP contribution in [0.4, 0.5) is 13.6 Å². The van der Waals surface area contributed by atoms with E-state index in [2.05, 4.69) is 5.32 Å². The molecule has 0 aromatic heterocycles. The van der Waals surface area contributed by atoms with Crippen LogP contribution in [0.25, 0.3) is 0 Å². The van der Waals surface area contributed by atoms with Gasteiger partial charge in [0, 0.05) is 12.6 Å². The minimum Gasteiger partial charge on any atom is -0.394 e. The van der Waals surface area contributed by atoms with E-state index in [-0.39, 0.29) is 18.2 Å². The average molecular weight is 286 g/mol. The number of hydrogen-bond acceptors (Lipinski definition) is 2. The molecule has 112 valence electrons. The molecular weight excluding hydrogens is 266 g/mol. The number of nitrogens with zero attached hydrogens (tertiary/aromatic N) is 1. The number of aliphatic hydroxyl groups excluding tert-OH is 1. The van der Waals surface area contributed by atoms with Crippen LogP contribution in [-0.4, -0.2) is 35.7 Å². The second kappa shape index (κ2) is 7.19. The lowest BCUT2D eigenvalue weighted by Crippen LogP contribution is -2.45. The largest absolute Gasteiger partial charge is 0.394 e. The fourth-order valence-corrected chi connectivity index (χ4v) is 1.75. The summed E-state index contributed by atoms with van der Waals surface area (Å²) < 4.78 is 26.9. The number of likely N-dealkylation sites (N-methyl/N-ethyl adjacent to an activating group) is 1. The lowest BCUT2D eigenvalue weighted by Gasteiger charge is -2.27. The molecule has 2 N–H and O–H groups in total. The Labute approximate surface area is 117 Å². The van der Waals surface area contributed by atoms with Gasteiger partial charge in [-0.3, -0.25) is 0 Å². The second-order valence-electron chi connectivity index (χ2n) is 4.72. The molecule has 0 saturated heterocycles. The first-order valence-electron chi connectivity index (χ1n) is 6.49. The molecule has 6 heteroatoms. The van der Waals surface area contributed by atoms with Gasteiger partial charge < -0.3 is 15.3 Å². The first-order chi connectivity index (χ1) is 9.40. The maximum absolute atomic E-state index is 13.7. The Morgan fingerprint density at radius 1 is 1.45 bits per heavy atom. The first-order valence-corrected chi connectivity index (χ1v) is 6.49. The van der Waals surface area contributed by atoms with Crippen molar-refractivity contribution in [1.82, 2.24) is 10.2 Å². The van der Waals surface area contributed by atoms with Crippen LogP contribution in [-0.2, 0) is 0 Å². The third-order valence-electron chi connectivity index (χ3n) is 3.29. The monoisotopic (exact) mass is 286 g/mol. The molecule has 0 bridgehead atoms. The summed E-state index contributed by atoms with van der Waals surface area (Å²) in [5.41, 5.74) is 0.117. The Hall–Kier alpha value is -1.69. The Bertz CT molecular complexity index is 468. The van der Waals surface area contributed by atoms with Gasteiger partial charge in [-0.15, -0.1) is 0 Å². The van der Waals surface area contributed by atoms with Crippen molar-refractivity contribution in [3.63, 3.8) is 0 Å². The SMILES string of the molecule is CCC(NC(=O)N(C)C(C)CO)c1cc(F)ccc1F. The van der Waals surface area contributed by atoms with Gasteiger partial charge in [0.15, 0.2) is 0 Å². The van der Waals surface area contributed by atoms with Crippen molar-refractivity contribution in [3.8, 4) is 0 Å². The minimum atomic E-state index is -0.619. The number of carbonyl (C=O) groups excluding carboxylic acids is 1. The molecule has 2 atom stereocenters. The fraction of sp³-hybridized carbons (Fsp3) is 0.500. The summed E-state index contributed by atoms with van der Waals surface area (Å²) in [7, 11) is 1.53. The predicted octanol–water partition coefficient (Wildman–Crippen LogP) is 2.44. The van der Waals surface area contributed by atoms with Gasteiger partial charge >= 0.3 is 6.03 Å². The van der Waals surface area contributed by atoms with E-state index in [0.29, 0.717) is 6.42 Å². The maximum atomic E-state index is 13.7. The molecule has 1 rings (SSSR count). The van der Waals surface area contributed by atoms with Crippen molar-refractivity contribution < 1.29 is 18.7 Å². The highest BCUT2D eigenvalue weighted by molar-refractivity contribution is 5.74. The molecule has 20 heavy (non-hydrogen) atoms. The van der Waals surface area contributed by atoms with Gasteiger partial charge in [0.05, 0.1) is 18.7 Å². The summed E-state index contributed by atoms with van der Waals surface area (Å²) >= 11 is 0. The quantitative estimate of drug-likeness (QED) is 0.873. The molecule has 2 amide bonds. The highest BCUT2D eigenvalue weighted by Gasteiger charge is 2.21. The normalized spacial score (nSPS) is 13.7. The molecule has 0 fully saturated rings. The standard InChI is InChI=1S/C14H20F2N2O2/c1-4-13(11-7-10(15)5-6-12(11)16)17-14(20)18(3)9(2)8-19/h5-7,9,13,19H,4,8H2,1-3H3,(H,17,20). The highest BCUT2D eigenvalue weighted by Crippen LogP contribution is 2.21. The van der Waals surface area contributed by atoms with Gasteiger partial charge in [-0.1, -0.05) is 6.92 Å². The zero-order chi connectivity index (χ0) is 15.3. The van der Waals surface area contributed by atoms with Crippen molar-refractivity contribution in [2.24, 2.45) is 0 Å². The summed E-state index contributed by atoms with van der Waals surface area (Å²) in [4.78, 5) is 13.3. The molecular formula is C14H20F2N2O2. The number of amides is 2. The number of aliphatic hydroxyl groups is 1. The van der Waals surface area contributed by atoms with Crippen LogP contribution >= 0.6 is 0 Å². The van der Waals surface area contributed by atoms with Crippen molar-refractivity contribution in [2.45, 2.75) is 32.4 Å². The molecule has 0 aliphatic rings. The van der Waals surface area contributed by atoms with Gasteiger partial charge in [0.1, 0.15) is 11.6 Å². The average Bonchev–Trinajstić information content (AvgIpc) is 2.45. The summed E-state index contributed by atoms with van der Waals surface area (Å²) in [5.74, 6) is -1.11. The van der Waals surface area contributed by atoms with E-state index in [1.165, 1.54) is 11.9 Å². The van der Waals surface area contributed by atoms with E-state index in [1.807, 2.05) is 0 Å². The third-order valence-corrected chi connectivity index (χ3v) is 3.29. The van der Waals surface area contributed by atoms with E-state index in [0.717, 1.165) is 18.2 Å². The zero-order valence-electron chi connectivity index (χ0n) is 11.9. The number of nitrogens with one attached hydrogen (secondary N) is 1. The molecule has 0 aliphatic heterocycles. The number of halogens is 2. The Morgan fingerprint density at radius 2 is 2.10 bits per heavy atom. The molecule has 0 heterocycles. The number of carbonyl (C=O) groups is 1. The van der Waals surface area contributed by atoms with Gasteiger partial charge in [0.25, 0.3) is 0 Å². The maximum Gasteiger partial charge on any atom is 0.317 e. The summed E-state index contributed by atoms with van der Waals surface area (Å²) in [6.07, 6.45) is 0.424. The van der Waals surface area contributed by atoms with Gasteiger partial charge in [-0.25, -0.2) is 13.6 Å². The lowest BCUT2D eigenvalue weighted by atomic mass is 10.0. The Morgan fingerprint density at radius 3 is 2.65 bits per heavy atom. The number of hydrogen-bond donors (Lipinski definition) is 2. The predicted molar refractivity (Wildman–Crippen MR) is 72.2 cm³/mol. The molecule has 1 aromatic carbocycles. The van der Waals surface area contributed by atoms with Crippen LogP contribution in [0.1, 0.15) is 31.9 Å².